The fourth-order valence-corrected chi connectivity index (χ4v) is 6.93. The first-order chi connectivity index (χ1) is 15.1. The van der Waals surface area contributed by atoms with E-state index in [-0.39, 0.29) is 23.2 Å². The summed E-state index contributed by atoms with van der Waals surface area (Å²) in [6, 6.07) is 3.85. The highest BCUT2D eigenvalue weighted by molar-refractivity contribution is 5.90. The number of rotatable bonds is 4. The molecule has 3 aliphatic carbocycles. The fourth-order valence-electron chi connectivity index (χ4n) is 6.93. The average Bonchev–Trinajstić information content (AvgIpc) is 3.43. The van der Waals surface area contributed by atoms with Gasteiger partial charge >= 0.3 is 5.97 Å². The van der Waals surface area contributed by atoms with Crippen LogP contribution in [0.4, 0.5) is 0 Å². The third kappa shape index (κ3) is 2.78. The van der Waals surface area contributed by atoms with Crippen molar-refractivity contribution in [2.75, 3.05) is 13.1 Å². The second kappa shape index (κ2) is 6.57. The molecule has 32 heavy (non-hydrogen) atoms. The second-order valence-electron chi connectivity index (χ2n) is 11.9. The summed E-state index contributed by atoms with van der Waals surface area (Å²) in [5, 5.41) is 12.3. The molecule has 2 aliphatic heterocycles. The molecule has 2 saturated carbocycles. The van der Waals surface area contributed by atoms with Gasteiger partial charge in [-0.15, -0.1) is 0 Å². The van der Waals surface area contributed by atoms with Gasteiger partial charge < -0.3 is 14.6 Å². The summed E-state index contributed by atoms with van der Waals surface area (Å²) in [6.45, 7) is 7.90. The van der Waals surface area contributed by atoms with Gasteiger partial charge in [-0.2, -0.15) is 0 Å². The quantitative estimate of drug-likeness (QED) is 0.574. The number of benzene rings is 1. The molecule has 0 aromatic heterocycles. The molecule has 1 N–H and O–H groups in total. The molecule has 5 aliphatic rings. The number of likely N-dealkylation sites (tertiary alicyclic amines) is 1. The van der Waals surface area contributed by atoms with Crippen LogP contribution in [0.25, 0.3) is 0 Å². The molecular weight excluding hydrogens is 406 g/mol. The normalized spacial score (nSPS) is 35.3. The Bertz CT molecular complexity index is 1010. The van der Waals surface area contributed by atoms with Crippen molar-refractivity contribution in [2.24, 2.45) is 11.3 Å². The fraction of sp³-hybridized carbons (Fsp3) is 0.692. The van der Waals surface area contributed by atoms with Crippen LogP contribution in [0.3, 0.4) is 0 Å². The molecule has 1 aromatic carbocycles. The Kier molecular flexibility index (Phi) is 4.24. The van der Waals surface area contributed by atoms with Gasteiger partial charge in [-0.25, -0.2) is 0 Å². The Morgan fingerprint density at radius 2 is 2.06 bits per heavy atom. The lowest BCUT2D eigenvalue weighted by molar-refractivity contribution is -0.188. The SMILES string of the molecule is CC(C)(C)CC(=O)Oc1ccc2c3c1OC1C(=O)CCC4(O)C(C2)N(CC2CC2)CCC314. The van der Waals surface area contributed by atoms with Crippen molar-refractivity contribution in [1.29, 1.82) is 0 Å². The number of hydrogen-bond donors (Lipinski definition) is 1. The maximum absolute atomic E-state index is 13.1. The van der Waals surface area contributed by atoms with Crippen LogP contribution in [0.15, 0.2) is 12.1 Å². The number of ketones is 1. The summed E-state index contributed by atoms with van der Waals surface area (Å²) < 4.78 is 12.1. The zero-order chi connectivity index (χ0) is 22.5. The number of ether oxygens (including phenoxy) is 2. The van der Waals surface area contributed by atoms with E-state index in [1.165, 1.54) is 12.8 Å². The highest BCUT2D eigenvalue weighted by atomic mass is 16.6. The molecular formula is C26H33NO5. The summed E-state index contributed by atoms with van der Waals surface area (Å²) in [5.74, 6) is 1.39. The molecule has 1 saturated heterocycles. The highest BCUT2D eigenvalue weighted by Crippen LogP contribution is 2.65. The minimum atomic E-state index is -0.995. The third-order valence-corrected chi connectivity index (χ3v) is 8.44. The van der Waals surface area contributed by atoms with Gasteiger partial charge in [0.25, 0.3) is 0 Å². The van der Waals surface area contributed by atoms with Gasteiger partial charge in [0.15, 0.2) is 23.4 Å². The monoisotopic (exact) mass is 439 g/mol. The van der Waals surface area contributed by atoms with Gasteiger partial charge in [0.1, 0.15) is 0 Å². The van der Waals surface area contributed by atoms with E-state index in [0.29, 0.717) is 37.2 Å². The van der Waals surface area contributed by atoms with E-state index in [2.05, 4.69) is 4.90 Å². The van der Waals surface area contributed by atoms with Crippen LogP contribution in [0.5, 0.6) is 11.5 Å². The first kappa shape index (κ1) is 20.7. The van der Waals surface area contributed by atoms with Crippen LogP contribution in [0.1, 0.15) is 70.4 Å². The summed E-state index contributed by atoms with van der Waals surface area (Å²) in [4.78, 5) is 28.2. The summed E-state index contributed by atoms with van der Waals surface area (Å²) in [7, 11) is 0. The van der Waals surface area contributed by atoms with E-state index < -0.39 is 17.1 Å². The van der Waals surface area contributed by atoms with Crippen molar-refractivity contribution >= 4 is 11.8 Å². The number of nitrogens with zero attached hydrogens (tertiary/aromatic N) is 1. The Balaban J connectivity index is 1.44. The molecule has 2 heterocycles. The molecule has 6 nitrogen and oxygen atoms in total. The summed E-state index contributed by atoms with van der Waals surface area (Å²) >= 11 is 0. The van der Waals surface area contributed by atoms with Gasteiger partial charge in [-0.05, 0) is 61.6 Å². The van der Waals surface area contributed by atoms with Crippen molar-refractivity contribution in [1.82, 2.24) is 4.90 Å². The van der Waals surface area contributed by atoms with Crippen molar-refractivity contribution in [3.05, 3.63) is 23.3 Å². The molecule has 1 aromatic rings. The van der Waals surface area contributed by atoms with Crippen LogP contribution in [0, 0.1) is 11.3 Å². The summed E-state index contributed by atoms with van der Waals surface area (Å²) in [6.07, 6.45) is 4.41. The molecule has 6 heteroatoms. The Hall–Kier alpha value is -1.92. The van der Waals surface area contributed by atoms with Gasteiger partial charge in [-0.3, -0.25) is 14.5 Å². The van der Waals surface area contributed by atoms with Crippen molar-refractivity contribution in [2.45, 2.75) is 88.9 Å². The lowest BCUT2D eigenvalue weighted by Crippen LogP contribution is -2.76. The number of carbonyl (C=O) groups excluding carboxylic acids is 2. The van der Waals surface area contributed by atoms with Crippen LogP contribution in [-0.2, 0) is 21.4 Å². The maximum atomic E-state index is 13.1. The lowest BCUT2D eigenvalue weighted by atomic mass is 9.49. The standard InChI is InChI=1S/C26H33NO5/c1-24(2,3)13-20(29)31-18-7-6-16-12-19-26(30)9-8-17(28)23-25(26,21(16)22(18)32-23)10-11-27(19)14-15-4-5-15/h6-7,15,19,23,30H,4-5,8-14H2,1-3H3. The number of Topliss-reactive ketones (excluding diaryl/α,β-unsaturated/α-hetero) is 1. The molecule has 2 bridgehead atoms. The van der Waals surface area contributed by atoms with Gasteiger partial charge in [-0.1, -0.05) is 26.8 Å². The predicted molar refractivity (Wildman–Crippen MR) is 118 cm³/mol. The number of aliphatic hydroxyl groups is 1. The molecule has 4 unspecified atom stereocenters. The maximum Gasteiger partial charge on any atom is 0.311 e. The van der Waals surface area contributed by atoms with E-state index >= 15 is 0 Å². The first-order valence-corrected chi connectivity index (χ1v) is 12.2. The van der Waals surface area contributed by atoms with Gasteiger partial charge in [0, 0.05) is 24.6 Å². The first-order valence-electron chi connectivity index (χ1n) is 12.2. The molecule has 172 valence electrons. The van der Waals surface area contributed by atoms with E-state index in [1.54, 1.807) is 0 Å². The van der Waals surface area contributed by atoms with Crippen molar-refractivity contribution in [3.8, 4) is 11.5 Å². The number of piperidine rings is 1. The third-order valence-electron chi connectivity index (χ3n) is 8.44. The van der Waals surface area contributed by atoms with E-state index in [1.807, 2.05) is 32.9 Å². The zero-order valence-corrected chi connectivity index (χ0v) is 19.3. The minimum absolute atomic E-state index is 0.00351. The molecule has 0 amide bonds. The molecule has 4 atom stereocenters. The van der Waals surface area contributed by atoms with E-state index in [9.17, 15) is 14.7 Å². The molecule has 6 rings (SSSR count). The van der Waals surface area contributed by atoms with Crippen LogP contribution in [-0.4, -0.2) is 52.6 Å². The van der Waals surface area contributed by atoms with Crippen LogP contribution in [0.2, 0.25) is 0 Å². The van der Waals surface area contributed by atoms with E-state index in [4.69, 9.17) is 9.47 Å². The number of esters is 1. The Labute approximate surface area is 189 Å². The van der Waals surface area contributed by atoms with Crippen LogP contribution < -0.4 is 9.47 Å². The predicted octanol–water partition coefficient (Wildman–Crippen LogP) is 3.16. The zero-order valence-electron chi connectivity index (χ0n) is 19.3. The largest absolute Gasteiger partial charge is 0.477 e. The van der Waals surface area contributed by atoms with E-state index in [0.717, 1.165) is 36.6 Å². The highest BCUT2D eigenvalue weighted by Gasteiger charge is 2.73. The molecule has 0 radical (unpaired) electrons. The second-order valence-corrected chi connectivity index (χ2v) is 11.9. The lowest BCUT2D eigenvalue weighted by Gasteiger charge is -2.62. The number of hydrogen-bond acceptors (Lipinski definition) is 6. The van der Waals surface area contributed by atoms with Crippen LogP contribution >= 0.6 is 0 Å². The van der Waals surface area contributed by atoms with Crippen molar-refractivity contribution in [3.63, 3.8) is 0 Å². The van der Waals surface area contributed by atoms with Gasteiger partial charge in [0.2, 0.25) is 0 Å². The van der Waals surface area contributed by atoms with Crippen molar-refractivity contribution < 1.29 is 24.2 Å². The molecule has 1 spiro atoms. The molecule has 3 fully saturated rings. The van der Waals surface area contributed by atoms with Gasteiger partial charge in [0.05, 0.1) is 17.4 Å². The minimum Gasteiger partial charge on any atom is -0.477 e. The smallest absolute Gasteiger partial charge is 0.311 e. The Morgan fingerprint density at radius 3 is 2.78 bits per heavy atom. The Morgan fingerprint density at radius 1 is 1.28 bits per heavy atom. The summed E-state index contributed by atoms with van der Waals surface area (Å²) in [5.41, 5.74) is 0.147. The average molecular weight is 440 g/mol. The number of carbonyl (C=O) groups is 2. The topological polar surface area (TPSA) is 76.1 Å².